The molecule has 0 unspecified atom stereocenters. The van der Waals surface area contributed by atoms with E-state index in [-0.39, 0.29) is 48.8 Å². The minimum atomic E-state index is -1.10. The number of carbonyl (C=O) groups is 4. The highest BCUT2D eigenvalue weighted by Crippen LogP contribution is 2.41. The second kappa shape index (κ2) is 16.4. The fraction of sp³-hybridized carbons (Fsp3) is 0.526. The van der Waals surface area contributed by atoms with Crippen LogP contribution in [0.15, 0.2) is 37.4 Å². The molecule has 2 saturated carbocycles. The Morgan fingerprint density at radius 3 is 1.50 bits per heavy atom. The standard InChI is InChI=1S/C19H24N6O3.C18H22N6O3.CH4/c1-4-14-17(26)23(2)15-9-20-19(24-10-13(21-11-24)18(27)28-3)22-16(15)25(14)12-7-5-6-8-12;1-3-13-16(25)22(2)14-8-19-18(23-9-12(17(26)27)20-10-23)21-15(14)24(13)11-6-4-5-7-11;/h9-12,14H,4-8H2,1-3H3;8-11,13H,3-7H2,1-2H3,(H,26,27);1H4/t14-;13-;/m11./s1. The van der Waals surface area contributed by atoms with Crippen LogP contribution in [-0.2, 0) is 14.3 Å². The Morgan fingerprint density at radius 1 is 0.714 bits per heavy atom. The Balaban J connectivity index is 0.000000187. The number of aromatic nitrogens is 8. The number of anilines is 4. The molecular weight excluding hydrogens is 720 g/mol. The van der Waals surface area contributed by atoms with Crippen LogP contribution in [0.2, 0.25) is 0 Å². The summed E-state index contributed by atoms with van der Waals surface area (Å²) in [6.07, 6.45) is 19.4. The van der Waals surface area contributed by atoms with Crippen LogP contribution in [0.25, 0.3) is 11.9 Å². The molecule has 2 aliphatic heterocycles. The maximum absolute atomic E-state index is 12.9. The molecule has 0 saturated heterocycles. The number of ether oxygens (including phenoxy) is 1. The molecule has 4 aliphatic rings. The molecule has 2 aliphatic carbocycles. The minimum Gasteiger partial charge on any atom is -0.476 e. The average molecular weight is 771 g/mol. The molecule has 0 radical (unpaired) electrons. The van der Waals surface area contributed by atoms with Crippen molar-refractivity contribution in [3.8, 4) is 11.9 Å². The van der Waals surface area contributed by atoms with Crippen molar-refractivity contribution in [2.75, 3.05) is 40.8 Å². The molecule has 6 heterocycles. The van der Waals surface area contributed by atoms with Crippen LogP contribution >= 0.6 is 0 Å². The van der Waals surface area contributed by atoms with Gasteiger partial charge in [0.1, 0.15) is 36.1 Å². The first kappa shape index (κ1) is 39.7. The zero-order valence-corrected chi connectivity index (χ0v) is 31.7. The van der Waals surface area contributed by atoms with Crippen molar-refractivity contribution in [2.45, 2.75) is 110 Å². The first-order valence-electron chi connectivity index (χ1n) is 18.8. The quantitative estimate of drug-likeness (QED) is 0.247. The van der Waals surface area contributed by atoms with Gasteiger partial charge in [0, 0.05) is 38.6 Å². The van der Waals surface area contributed by atoms with E-state index in [1.165, 1.54) is 43.4 Å². The van der Waals surface area contributed by atoms with Gasteiger partial charge in [0.2, 0.25) is 23.7 Å². The molecule has 2 atom stereocenters. The Kier molecular flexibility index (Phi) is 11.7. The Hall–Kier alpha value is -5.94. The van der Waals surface area contributed by atoms with E-state index < -0.39 is 11.9 Å². The topological polar surface area (TPSA) is 198 Å². The summed E-state index contributed by atoms with van der Waals surface area (Å²) in [5.41, 5.74) is 1.51. The van der Waals surface area contributed by atoms with Crippen molar-refractivity contribution in [2.24, 2.45) is 0 Å². The first-order chi connectivity index (χ1) is 26.6. The predicted molar refractivity (Wildman–Crippen MR) is 208 cm³/mol. The number of methoxy groups -OCH3 is 1. The van der Waals surface area contributed by atoms with Crippen molar-refractivity contribution in [3.63, 3.8) is 0 Å². The average Bonchev–Trinajstić information content (AvgIpc) is 4.05. The number of carboxylic acid groups (broad SMARTS) is 1. The summed E-state index contributed by atoms with van der Waals surface area (Å²) in [6, 6.07) is 0.117. The highest BCUT2D eigenvalue weighted by Gasteiger charge is 2.42. The van der Waals surface area contributed by atoms with E-state index in [0.717, 1.165) is 56.6 Å². The lowest BCUT2D eigenvalue weighted by Gasteiger charge is -2.43. The van der Waals surface area contributed by atoms with E-state index in [9.17, 15) is 19.2 Å². The number of imidazole rings is 2. The van der Waals surface area contributed by atoms with Crippen molar-refractivity contribution >= 4 is 46.8 Å². The smallest absolute Gasteiger partial charge is 0.358 e. The highest BCUT2D eigenvalue weighted by atomic mass is 16.5. The number of amides is 2. The predicted octanol–water partition coefficient (Wildman–Crippen LogP) is 4.45. The van der Waals surface area contributed by atoms with Crippen LogP contribution in [0, 0.1) is 0 Å². The number of esters is 1. The molecule has 0 aromatic carbocycles. The zero-order valence-electron chi connectivity index (χ0n) is 31.7. The van der Waals surface area contributed by atoms with Crippen molar-refractivity contribution < 1.29 is 29.0 Å². The third-order valence-electron chi connectivity index (χ3n) is 11.0. The van der Waals surface area contributed by atoms with E-state index in [0.29, 0.717) is 35.7 Å². The number of fused-ring (bicyclic) bond motifs is 2. The van der Waals surface area contributed by atoms with Gasteiger partial charge in [-0.05, 0) is 38.5 Å². The summed E-state index contributed by atoms with van der Waals surface area (Å²) in [6.45, 7) is 4.05. The van der Waals surface area contributed by atoms with E-state index in [1.807, 2.05) is 13.8 Å². The number of likely N-dealkylation sites (N-methyl/N-ethyl adjacent to an activating group) is 2. The normalized spacial score (nSPS) is 19.7. The van der Waals surface area contributed by atoms with Crippen molar-refractivity contribution in [3.05, 3.63) is 48.8 Å². The molecule has 0 spiro atoms. The summed E-state index contributed by atoms with van der Waals surface area (Å²) in [4.78, 5) is 82.3. The molecular formula is C38H50N12O6. The number of nitrogens with zero attached hydrogens (tertiary/aromatic N) is 12. The van der Waals surface area contributed by atoms with Gasteiger partial charge >= 0.3 is 11.9 Å². The van der Waals surface area contributed by atoms with E-state index in [1.54, 1.807) is 47.1 Å². The molecule has 8 rings (SSSR count). The number of aromatic carboxylic acids is 1. The van der Waals surface area contributed by atoms with E-state index >= 15 is 0 Å². The summed E-state index contributed by atoms with van der Waals surface area (Å²) in [5, 5.41) is 9.08. The fourth-order valence-electron chi connectivity index (χ4n) is 8.18. The Labute approximate surface area is 325 Å². The molecule has 4 aromatic heterocycles. The van der Waals surface area contributed by atoms with Gasteiger partial charge in [-0.15, -0.1) is 0 Å². The SMILES string of the molecule is C.CC[C@@H]1C(=O)N(C)c2cnc(-n3cnc(C(=O)O)c3)nc2N1C1CCCC1.CC[C@@H]1C(=O)N(C)c2cnc(-n3cnc(C(=O)OC)c3)nc2N1C1CCCC1. The van der Waals surface area contributed by atoms with Crippen LogP contribution in [0.4, 0.5) is 23.0 Å². The second-order valence-electron chi connectivity index (χ2n) is 14.2. The lowest BCUT2D eigenvalue weighted by atomic mass is 10.0. The van der Waals surface area contributed by atoms with Crippen molar-refractivity contribution in [1.29, 1.82) is 0 Å². The third-order valence-corrected chi connectivity index (χ3v) is 11.0. The Bertz CT molecular complexity index is 2090. The maximum atomic E-state index is 12.9. The largest absolute Gasteiger partial charge is 0.476 e. The summed E-state index contributed by atoms with van der Waals surface area (Å²) in [7, 11) is 4.83. The molecule has 2 fully saturated rings. The number of rotatable bonds is 8. The maximum Gasteiger partial charge on any atom is 0.358 e. The van der Waals surface area contributed by atoms with Crippen LogP contribution in [0.5, 0.6) is 0 Å². The number of hydrogen-bond donors (Lipinski definition) is 1. The van der Waals surface area contributed by atoms with Crippen LogP contribution in [-0.4, -0.2) is 113 Å². The van der Waals surface area contributed by atoms with Crippen LogP contribution in [0.3, 0.4) is 0 Å². The lowest BCUT2D eigenvalue weighted by molar-refractivity contribution is -0.120. The molecule has 0 bridgehead atoms. The van der Waals surface area contributed by atoms with Gasteiger partial charge in [0.05, 0.1) is 19.5 Å². The summed E-state index contributed by atoms with van der Waals surface area (Å²) < 4.78 is 7.80. The van der Waals surface area contributed by atoms with Gasteiger partial charge in [0.15, 0.2) is 23.0 Å². The van der Waals surface area contributed by atoms with E-state index in [2.05, 4.69) is 29.7 Å². The molecule has 56 heavy (non-hydrogen) atoms. The third kappa shape index (κ3) is 7.14. The highest BCUT2D eigenvalue weighted by molar-refractivity contribution is 6.05. The molecule has 18 heteroatoms. The fourth-order valence-corrected chi connectivity index (χ4v) is 8.18. The van der Waals surface area contributed by atoms with Crippen molar-refractivity contribution in [1.82, 2.24) is 39.0 Å². The number of carbonyl (C=O) groups excluding carboxylic acids is 3. The Morgan fingerprint density at radius 2 is 1.12 bits per heavy atom. The molecule has 1 N–H and O–H groups in total. The first-order valence-corrected chi connectivity index (χ1v) is 18.8. The molecule has 4 aromatic rings. The molecule has 298 valence electrons. The van der Waals surface area contributed by atoms with Gasteiger partial charge in [-0.1, -0.05) is 47.0 Å². The zero-order chi connectivity index (χ0) is 39.0. The monoisotopic (exact) mass is 770 g/mol. The minimum absolute atomic E-state index is 0. The van der Waals surface area contributed by atoms with Gasteiger partial charge in [0.25, 0.3) is 0 Å². The van der Waals surface area contributed by atoms with Gasteiger partial charge in [-0.3, -0.25) is 18.7 Å². The number of carboxylic acids is 1. The lowest BCUT2D eigenvalue weighted by Crippen LogP contribution is -2.55. The molecule has 18 nitrogen and oxygen atoms in total. The second-order valence-corrected chi connectivity index (χ2v) is 14.2. The van der Waals surface area contributed by atoms with Gasteiger partial charge < -0.3 is 29.4 Å². The molecule has 2 amide bonds. The number of hydrogen-bond acceptors (Lipinski definition) is 13. The van der Waals surface area contributed by atoms with Crippen LogP contribution in [0.1, 0.15) is 106 Å². The summed E-state index contributed by atoms with van der Waals surface area (Å²) in [5.74, 6) is 0.760. The van der Waals surface area contributed by atoms with Crippen LogP contribution < -0.4 is 19.6 Å². The van der Waals surface area contributed by atoms with Gasteiger partial charge in [-0.25, -0.2) is 29.5 Å². The van der Waals surface area contributed by atoms with E-state index in [4.69, 9.17) is 19.8 Å². The van der Waals surface area contributed by atoms with Gasteiger partial charge in [-0.2, -0.15) is 9.97 Å². The summed E-state index contributed by atoms with van der Waals surface area (Å²) >= 11 is 0.